The highest BCUT2D eigenvalue weighted by molar-refractivity contribution is 5.86. The van der Waals surface area contributed by atoms with Gasteiger partial charge in [0.15, 0.2) is 0 Å². The molecule has 2 aromatic carbocycles. The van der Waals surface area contributed by atoms with E-state index in [0.717, 1.165) is 18.3 Å². The highest BCUT2D eigenvalue weighted by atomic mass is 16.1. The summed E-state index contributed by atoms with van der Waals surface area (Å²) in [6.45, 7) is 2.23. The van der Waals surface area contributed by atoms with Gasteiger partial charge in [0.25, 0.3) is 0 Å². The summed E-state index contributed by atoms with van der Waals surface area (Å²) in [5, 5.41) is 2.59. The normalized spacial score (nSPS) is 10.7. The number of hydrogen-bond acceptors (Lipinski definition) is 1. The first-order valence-electron chi connectivity index (χ1n) is 6.79. The largest absolute Gasteiger partial charge is 0.303 e. The second-order valence-electron chi connectivity index (χ2n) is 4.80. The monoisotopic (exact) mass is 240 g/mol. The number of carbonyl (C=O) groups excluding carboxylic acids is 1. The number of rotatable bonds is 6. The van der Waals surface area contributed by atoms with Crippen LogP contribution < -0.4 is 0 Å². The molecule has 0 saturated heterocycles. The fourth-order valence-electron chi connectivity index (χ4n) is 2.41. The van der Waals surface area contributed by atoms with Crippen LogP contribution in [-0.4, -0.2) is 6.29 Å². The lowest BCUT2D eigenvalue weighted by atomic mass is 9.98. The summed E-state index contributed by atoms with van der Waals surface area (Å²) in [5.41, 5.74) is 2.53. The Labute approximate surface area is 109 Å². The number of aldehydes is 1. The summed E-state index contributed by atoms with van der Waals surface area (Å²) < 4.78 is 0. The molecule has 0 unspecified atom stereocenters. The highest BCUT2D eigenvalue weighted by Crippen LogP contribution is 2.22. The molecular weight excluding hydrogens is 220 g/mol. The number of aryl methyl sites for hydroxylation is 1. The van der Waals surface area contributed by atoms with Crippen molar-refractivity contribution in [1.29, 1.82) is 0 Å². The fourth-order valence-corrected chi connectivity index (χ4v) is 2.41. The maximum Gasteiger partial charge on any atom is 0.124 e. The van der Waals surface area contributed by atoms with Crippen LogP contribution in [0.25, 0.3) is 10.8 Å². The molecule has 1 nitrogen and oxygen atoms in total. The number of fused-ring (bicyclic) bond motifs is 1. The highest BCUT2D eigenvalue weighted by Gasteiger charge is 2.02. The van der Waals surface area contributed by atoms with Gasteiger partial charge in [0.2, 0.25) is 0 Å². The Morgan fingerprint density at radius 2 is 2.00 bits per heavy atom. The first kappa shape index (κ1) is 12.8. The molecule has 0 N–H and O–H groups in total. The quantitative estimate of drug-likeness (QED) is 0.543. The Bertz CT molecular complexity index is 528. The average Bonchev–Trinajstić information content (AvgIpc) is 2.39. The zero-order valence-corrected chi connectivity index (χ0v) is 11.0. The van der Waals surface area contributed by atoms with Gasteiger partial charge in [-0.2, -0.15) is 0 Å². The number of hydrogen-bond donors (Lipinski definition) is 0. The van der Waals surface area contributed by atoms with Gasteiger partial charge in [0.05, 0.1) is 0 Å². The number of benzene rings is 2. The minimum atomic E-state index is 0.510. The van der Waals surface area contributed by atoms with Crippen LogP contribution in [0.2, 0.25) is 0 Å². The summed E-state index contributed by atoms with van der Waals surface area (Å²) in [6, 6.07) is 12.8. The lowest BCUT2D eigenvalue weighted by Gasteiger charge is -2.07. The van der Waals surface area contributed by atoms with E-state index in [4.69, 9.17) is 0 Å². The van der Waals surface area contributed by atoms with E-state index >= 15 is 0 Å². The van der Waals surface area contributed by atoms with Crippen molar-refractivity contribution in [3.8, 4) is 0 Å². The predicted octanol–water partition coefficient (Wildman–Crippen LogP) is 4.31. The van der Waals surface area contributed by atoms with Gasteiger partial charge in [0.1, 0.15) is 6.29 Å². The van der Waals surface area contributed by atoms with Gasteiger partial charge in [-0.25, -0.2) is 0 Å². The maximum absolute atomic E-state index is 10.6. The van der Waals surface area contributed by atoms with E-state index in [1.165, 1.54) is 35.6 Å². The number of unbranched alkanes of at least 4 members (excludes halogenated alkanes) is 2. The van der Waals surface area contributed by atoms with Crippen molar-refractivity contribution in [3.63, 3.8) is 0 Å². The van der Waals surface area contributed by atoms with Crippen LogP contribution >= 0.6 is 0 Å². The molecular formula is C17H20O. The average molecular weight is 240 g/mol. The molecule has 0 spiro atoms. The molecule has 2 rings (SSSR count). The Morgan fingerprint density at radius 1 is 1.11 bits per heavy atom. The van der Waals surface area contributed by atoms with Crippen LogP contribution in [0.3, 0.4) is 0 Å². The molecule has 0 amide bonds. The van der Waals surface area contributed by atoms with Crippen molar-refractivity contribution < 1.29 is 4.79 Å². The summed E-state index contributed by atoms with van der Waals surface area (Å²) >= 11 is 0. The minimum Gasteiger partial charge on any atom is -0.303 e. The van der Waals surface area contributed by atoms with E-state index < -0.39 is 0 Å². The molecule has 0 bridgehead atoms. The van der Waals surface area contributed by atoms with Gasteiger partial charge >= 0.3 is 0 Å². The van der Waals surface area contributed by atoms with Crippen molar-refractivity contribution in [2.24, 2.45) is 0 Å². The van der Waals surface area contributed by atoms with E-state index in [1.54, 1.807) is 0 Å². The Balaban J connectivity index is 2.28. The second-order valence-corrected chi connectivity index (χ2v) is 4.80. The molecule has 0 saturated carbocycles. The van der Waals surface area contributed by atoms with Crippen molar-refractivity contribution in [1.82, 2.24) is 0 Å². The SMILES string of the molecule is CCCCCc1cccc2cc(CC=O)ccc12. The lowest BCUT2D eigenvalue weighted by Crippen LogP contribution is -1.90. The van der Waals surface area contributed by atoms with Gasteiger partial charge in [-0.05, 0) is 34.7 Å². The molecule has 94 valence electrons. The van der Waals surface area contributed by atoms with Gasteiger partial charge in [-0.15, -0.1) is 0 Å². The van der Waals surface area contributed by atoms with Gasteiger partial charge in [0, 0.05) is 6.42 Å². The first-order chi connectivity index (χ1) is 8.85. The lowest BCUT2D eigenvalue weighted by molar-refractivity contribution is -0.107. The summed E-state index contributed by atoms with van der Waals surface area (Å²) in [5.74, 6) is 0. The third-order valence-corrected chi connectivity index (χ3v) is 3.40. The Morgan fingerprint density at radius 3 is 2.78 bits per heavy atom. The van der Waals surface area contributed by atoms with Crippen LogP contribution in [0.1, 0.15) is 37.3 Å². The topological polar surface area (TPSA) is 17.1 Å². The van der Waals surface area contributed by atoms with Crippen molar-refractivity contribution >= 4 is 17.1 Å². The molecule has 0 aliphatic rings. The van der Waals surface area contributed by atoms with Gasteiger partial charge < -0.3 is 4.79 Å². The minimum absolute atomic E-state index is 0.510. The third kappa shape index (κ3) is 2.98. The first-order valence-corrected chi connectivity index (χ1v) is 6.79. The van der Waals surface area contributed by atoms with Gasteiger partial charge in [-0.3, -0.25) is 0 Å². The van der Waals surface area contributed by atoms with Crippen LogP contribution in [0.5, 0.6) is 0 Å². The molecule has 2 aromatic rings. The summed E-state index contributed by atoms with van der Waals surface area (Å²) in [7, 11) is 0. The molecule has 18 heavy (non-hydrogen) atoms. The molecule has 0 radical (unpaired) electrons. The van der Waals surface area contributed by atoms with Crippen LogP contribution in [-0.2, 0) is 17.6 Å². The van der Waals surface area contributed by atoms with Crippen molar-refractivity contribution in [2.45, 2.75) is 39.0 Å². The predicted molar refractivity (Wildman–Crippen MR) is 76.9 cm³/mol. The van der Waals surface area contributed by atoms with Crippen LogP contribution in [0.4, 0.5) is 0 Å². The Hall–Kier alpha value is -1.63. The van der Waals surface area contributed by atoms with Gasteiger partial charge in [-0.1, -0.05) is 56.2 Å². The molecule has 0 atom stereocenters. The fraction of sp³-hybridized carbons (Fsp3) is 0.353. The Kier molecular flexibility index (Phi) is 4.52. The molecule has 0 aromatic heterocycles. The smallest absolute Gasteiger partial charge is 0.124 e. The third-order valence-electron chi connectivity index (χ3n) is 3.40. The molecule has 0 heterocycles. The van der Waals surface area contributed by atoms with Crippen LogP contribution in [0.15, 0.2) is 36.4 Å². The molecule has 1 heteroatoms. The number of carbonyl (C=O) groups is 1. The van der Waals surface area contributed by atoms with Crippen LogP contribution in [0, 0.1) is 0 Å². The van der Waals surface area contributed by atoms with E-state index in [1.807, 2.05) is 0 Å². The maximum atomic E-state index is 10.6. The van der Waals surface area contributed by atoms with Crippen molar-refractivity contribution in [2.75, 3.05) is 0 Å². The summed E-state index contributed by atoms with van der Waals surface area (Å²) in [6.07, 6.45) is 6.43. The summed E-state index contributed by atoms with van der Waals surface area (Å²) in [4.78, 5) is 10.6. The van der Waals surface area contributed by atoms with E-state index in [9.17, 15) is 4.79 Å². The molecule has 0 aliphatic carbocycles. The zero-order valence-electron chi connectivity index (χ0n) is 11.0. The van der Waals surface area contributed by atoms with E-state index in [2.05, 4.69) is 43.3 Å². The second kappa shape index (κ2) is 6.34. The zero-order chi connectivity index (χ0) is 12.8. The van der Waals surface area contributed by atoms with E-state index in [-0.39, 0.29) is 0 Å². The molecule has 0 fully saturated rings. The van der Waals surface area contributed by atoms with E-state index in [0.29, 0.717) is 6.42 Å². The molecule has 0 aliphatic heterocycles. The standard InChI is InChI=1S/C17H20O/c1-2-3-4-6-15-7-5-8-16-13-14(11-12-18)9-10-17(15)16/h5,7-10,12-13H,2-4,6,11H2,1H3. The van der Waals surface area contributed by atoms with Crippen molar-refractivity contribution in [3.05, 3.63) is 47.5 Å².